The SMILES string of the molecule is COC(=O)Cc1nc(NC(=O)c2ccc3c(c2)Cc2ccccc2-3)n[nH]1. The number of anilines is 1. The molecule has 2 aromatic carbocycles. The molecule has 0 radical (unpaired) electrons. The number of H-pyrrole nitrogens is 1. The Hall–Kier alpha value is -3.48. The maximum absolute atomic E-state index is 12.5. The summed E-state index contributed by atoms with van der Waals surface area (Å²) in [6, 6.07) is 13.9. The third kappa shape index (κ3) is 2.95. The Morgan fingerprint density at radius 2 is 1.96 bits per heavy atom. The quantitative estimate of drug-likeness (QED) is 0.552. The number of benzene rings is 2. The lowest BCUT2D eigenvalue weighted by atomic mass is 10.0. The third-order valence-electron chi connectivity index (χ3n) is 4.35. The molecule has 3 aromatic rings. The average Bonchev–Trinajstić information content (AvgIpc) is 3.24. The van der Waals surface area contributed by atoms with Gasteiger partial charge in [0.05, 0.1) is 7.11 Å². The standard InChI is InChI=1S/C19H16N4O3/c1-26-17(24)10-16-20-19(23-22-16)21-18(25)12-6-7-15-13(9-12)8-11-4-2-3-5-14(11)15/h2-7,9H,8,10H2,1H3,(H2,20,21,22,23,25). The van der Waals surface area contributed by atoms with Gasteiger partial charge >= 0.3 is 5.97 Å². The molecule has 4 rings (SSSR count). The van der Waals surface area contributed by atoms with E-state index in [1.54, 1.807) is 6.07 Å². The van der Waals surface area contributed by atoms with Crippen molar-refractivity contribution in [2.24, 2.45) is 0 Å². The molecule has 7 heteroatoms. The molecule has 0 fully saturated rings. The van der Waals surface area contributed by atoms with Crippen LogP contribution in [0, 0.1) is 0 Å². The zero-order chi connectivity index (χ0) is 18.1. The van der Waals surface area contributed by atoms with Crippen molar-refractivity contribution in [1.29, 1.82) is 0 Å². The molecule has 1 aromatic heterocycles. The van der Waals surface area contributed by atoms with Crippen molar-refractivity contribution >= 4 is 17.8 Å². The first-order valence-corrected chi connectivity index (χ1v) is 8.14. The van der Waals surface area contributed by atoms with E-state index in [-0.39, 0.29) is 18.3 Å². The lowest BCUT2D eigenvalue weighted by Gasteiger charge is -2.05. The summed E-state index contributed by atoms with van der Waals surface area (Å²) in [6.45, 7) is 0. The van der Waals surface area contributed by atoms with Gasteiger partial charge in [0.1, 0.15) is 12.2 Å². The molecule has 2 N–H and O–H groups in total. The number of aromatic amines is 1. The lowest BCUT2D eigenvalue weighted by Crippen LogP contribution is -2.13. The van der Waals surface area contributed by atoms with Gasteiger partial charge in [0.25, 0.3) is 5.91 Å². The predicted molar refractivity (Wildman–Crippen MR) is 94.7 cm³/mol. The smallest absolute Gasteiger partial charge is 0.313 e. The van der Waals surface area contributed by atoms with E-state index in [1.165, 1.54) is 18.2 Å². The number of esters is 1. The number of carbonyl (C=O) groups is 2. The van der Waals surface area contributed by atoms with Crippen molar-refractivity contribution in [3.05, 3.63) is 65.0 Å². The van der Waals surface area contributed by atoms with Crippen LogP contribution < -0.4 is 5.32 Å². The van der Waals surface area contributed by atoms with E-state index in [0.29, 0.717) is 11.4 Å². The van der Waals surface area contributed by atoms with Gasteiger partial charge in [-0.2, -0.15) is 4.98 Å². The highest BCUT2D eigenvalue weighted by Gasteiger charge is 2.20. The number of rotatable bonds is 4. The summed E-state index contributed by atoms with van der Waals surface area (Å²) in [5.74, 6) is -0.279. The molecule has 1 amide bonds. The molecule has 1 heterocycles. The molecule has 0 atom stereocenters. The number of fused-ring (bicyclic) bond motifs is 3. The maximum atomic E-state index is 12.5. The van der Waals surface area contributed by atoms with Crippen LogP contribution in [0.3, 0.4) is 0 Å². The number of amides is 1. The monoisotopic (exact) mass is 348 g/mol. The number of nitrogens with zero attached hydrogens (tertiary/aromatic N) is 2. The maximum Gasteiger partial charge on any atom is 0.313 e. The summed E-state index contributed by atoms with van der Waals surface area (Å²) in [7, 11) is 1.30. The molecule has 26 heavy (non-hydrogen) atoms. The van der Waals surface area contributed by atoms with E-state index in [1.807, 2.05) is 24.3 Å². The summed E-state index contributed by atoms with van der Waals surface area (Å²) >= 11 is 0. The second-order valence-electron chi connectivity index (χ2n) is 6.02. The molecule has 1 aliphatic carbocycles. The average molecular weight is 348 g/mol. The summed E-state index contributed by atoms with van der Waals surface area (Å²) in [4.78, 5) is 27.8. The zero-order valence-corrected chi connectivity index (χ0v) is 14.1. The van der Waals surface area contributed by atoms with Gasteiger partial charge in [-0.1, -0.05) is 30.3 Å². The fraction of sp³-hybridized carbons (Fsp3) is 0.158. The van der Waals surface area contributed by atoms with E-state index < -0.39 is 5.97 Å². The van der Waals surface area contributed by atoms with Gasteiger partial charge in [0, 0.05) is 5.56 Å². The second-order valence-corrected chi connectivity index (χ2v) is 6.02. The first kappa shape index (κ1) is 16.0. The van der Waals surface area contributed by atoms with Crippen LogP contribution in [0.5, 0.6) is 0 Å². The second kappa shape index (κ2) is 6.44. The van der Waals surface area contributed by atoms with E-state index in [9.17, 15) is 9.59 Å². The van der Waals surface area contributed by atoms with E-state index in [0.717, 1.165) is 17.5 Å². The fourth-order valence-corrected chi connectivity index (χ4v) is 3.10. The minimum absolute atomic E-state index is 0.0313. The van der Waals surface area contributed by atoms with Gasteiger partial charge < -0.3 is 4.74 Å². The van der Waals surface area contributed by atoms with Gasteiger partial charge in [-0.25, -0.2) is 0 Å². The Morgan fingerprint density at radius 3 is 2.81 bits per heavy atom. The number of ether oxygens (including phenoxy) is 1. The summed E-state index contributed by atoms with van der Waals surface area (Å²) in [6.07, 6.45) is 0.785. The van der Waals surface area contributed by atoms with Crippen LogP contribution in [0.25, 0.3) is 11.1 Å². The normalized spacial score (nSPS) is 11.6. The molecule has 0 unspecified atom stereocenters. The van der Waals surface area contributed by atoms with Gasteiger partial charge in [-0.3, -0.25) is 20.0 Å². The largest absolute Gasteiger partial charge is 0.469 e. The minimum Gasteiger partial charge on any atom is -0.469 e. The topological polar surface area (TPSA) is 97.0 Å². The molecule has 0 aliphatic heterocycles. The third-order valence-corrected chi connectivity index (χ3v) is 4.35. The van der Waals surface area contributed by atoms with E-state index >= 15 is 0 Å². The first-order valence-electron chi connectivity index (χ1n) is 8.14. The predicted octanol–water partition coefficient (Wildman–Crippen LogP) is 2.34. The van der Waals surface area contributed by atoms with E-state index in [2.05, 4.69) is 37.4 Å². The Kier molecular flexibility index (Phi) is 3.96. The van der Waals surface area contributed by atoms with Crippen LogP contribution >= 0.6 is 0 Å². The molecular weight excluding hydrogens is 332 g/mol. The number of methoxy groups -OCH3 is 1. The number of nitrogens with one attached hydrogen (secondary N) is 2. The number of hydrogen-bond acceptors (Lipinski definition) is 5. The summed E-state index contributed by atoms with van der Waals surface area (Å²) < 4.78 is 4.57. The van der Waals surface area contributed by atoms with Crippen LogP contribution in [0.4, 0.5) is 5.95 Å². The Labute approximate surface area is 149 Å². The highest BCUT2D eigenvalue weighted by molar-refractivity contribution is 6.04. The number of hydrogen-bond donors (Lipinski definition) is 2. The van der Waals surface area contributed by atoms with Crippen molar-refractivity contribution in [2.45, 2.75) is 12.8 Å². The van der Waals surface area contributed by atoms with Crippen LogP contribution in [0.1, 0.15) is 27.3 Å². The molecule has 7 nitrogen and oxygen atoms in total. The van der Waals surface area contributed by atoms with Gasteiger partial charge in [0.2, 0.25) is 5.95 Å². The number of carbonyl (C=O) groups excluding carboxylic acids is 2. The molecule has 0 spiro atoms. The van der Waals surface area contributed by atoms with Crippen molar-refractivity contribution in [2.75, 3.05) is 12.4 Å². The minimum atomic E-state index is -0.433. The van der Waals surface area contributed by atoms with Gasteiger partial charge in [0.15, 0.2) is 0 Å². The van der Waals surface area contributed by atoms with E-state index in [4.69, 9.17) is 0 Å². The van der Waals surface area contributed by atoms with Crippen LogP contribution in [-0.4, -0.2) is 34.2 Å². The van der Waals surface area contributed by atoms with Crippen LogP contribution in [0.2, 0.25) is 0 Å². The van der Waals surface area contributed by atoms with Crippen molar-refractivity contribution in [1.82, 2.24) is 15.2 Å². The molecule has 0 saturated carbocycles. The van der Waals surface area contributed by atoms with Crippen molar-refractivity contribution < 1.29 is 14.3 Å². The molecular formula is C19H16N4O3. The Balaban J connectivity index is 1.50. The molecule has 1 aliphatic rings. The van der Waals surface area contributed by atoms with Gasteiger partial charge in [-0.05, 0) is 40.8 Å². The Bertz CT molecular complexity index is 1010. The molecule has 0 saturated heterocycles. The fourth-order valence-electron chi connectivity index (χ4n) is 3.10. The summed E-state index contributed by atoms with van der Waals surface area (Å²) in [5, 5.41) is 9.14. The van der Waals surface area contributed by atoms with Gasteiger partial charge in [-0.15, -0.1) is 5.10 Å². The Morgan fingerprint density at radius 1 is 1.15 bits per heavy atom. The summed E-state index contributed by atoms with van der Waals surface area (Å²) in [5.41, 5.74) is 5.31. The zero-order valence-electron chi connectivity index (χ0n) is 14.1. The molecule has 130 valence electrons. The van der Waals surface area contributed by atoms with Crippen LogP contribution in [0.15, 0.2) is 42.5 Å². The van der Waals surface area contributed by atoms with Crippen LogP contribution in [-0.2, 0) is 22.4 Å². The number of aromatic nitrogens is 3. The lowest BCUT2D eigenvalue weighted by molar-refractivity contribution is -0.139. The van der Waals surface area contributed by atoms with Crippen molar-refractivity contribution in [3.8, 4) is 11.1 Å². The van der Waals surface area contributed by atoms with Crippen molar-refractivity contribution in [3.63, 3.8) is 0 Å². The highest BCUT2D eigenvalue weighted by Crippen LogP contribution is 2.36. The highest BCUT2D eigenvalue weighted by atomic mass is 16.5. The first-order chi connectivity index (χ1) is 12.6. The molecule has 0 bridgehead atoms.